The first kappa shape index (κ1) is 13.4. The molecular formula is C9H18IN2P. The van der Waals surface area contributed by atoms with Crippen LogP contribution in [0.1, 0.15) is 39.8 Å². The molecule has 0 spiro atoms. The van der Waals surface area contributed by atoms with Crippen LogP contribution in [0.4, 0.5) is 0 Å². The molecule has 1 aromatic heterocycles. The Labute approximate surface area is 99.9 Å². The number of imidazole rings is 1. The second-order valence-corrected chi connectivity index (χ2v) is 4.17. The first-order chi connectivity index (χ1) is 5.54. The van der Waals surface area contributed by atoms with Gasteiger partial charge >= 0.3 is 0 Å². The van der Waals surface area contributed by atoms with Gasteiger partial charge in [0.05, 0.1) is 12.1 Å². The van der Waals surface area contributed by atoms with E-state index in [1.54, 1.807) is 0 Å². The molecule has 0 aliphatic heterocycles. The van der Waals surface area contributed by atoms with Crippen LogP contribution >= 0.6 is 9.24 Å². The largest absolute Gasteiger partial charge is 1.00 e. The summed E-state index contributed by atoms with van der Waals surface area (Å²) < 4.78 is 4.51. The van der Waals surface area contributed by atoms with E-state index in [-0.39, 0.29) is 24.0 Å². The van der Waals surface area contributed by atoms with E-state index in [9.17, 15) is 0 Å². The molecule has 13 heavy (non-hydrogen) atoms. The average molecular weight is 312 g/mol. The third-order valence-corrected chi connectivity index (χ3v) is 2.63. The van der Waals surface area contributed by atoms with Gasteiger partial charge in [0.2, 0.25) is 0 Å². The molecule has 0 fully saturated rings. The predicted molar refractivity (Wildman–Crippen MR) is 54.7 cm³/mol. The Bertz CT molecular complexity index is 243. The highest BCUT2D eigenvalue weighted by atomic mass is 127. The minimum absolute atomic E-state index is 0. The zero-order chi connectivity index (χ0) is 9.30. The summed E-state index contributed by atoms with van der Waals surface area (Å²) in [6.45, 7) is 8.77. The van der Waals surface area contributed by atoms with Gasteiger partial charge in [-0.15, -0.1) is 0 Å². The number of nitrogens with zero attached hydrogens (tertiary/aromatic N) is 2. The van der Waals surface area contributed by atoms with E-state index in [2.05, 4.69) is 58.5 Å². The number of hydrogen-bond donors (Lipinski definition) is 0. The van der Waals surface area contributed by atoms with Gasteiger partial charge in [-0.3, -0.25) is 0 Å². The average Bonchev–Trinajstić information content (AvgIpc) is 2.30. The van der Waals surface area contributed by atoms with Gasteiger partial charge in [0.25, 0.3) is 5.57 Å². The van der Waals surface area contributed by atoms with Crippen LogP contribution in [-0.4, -0.2) is 4.57 Å². The highest BCUT2D eigenvalue weighted by Gasteiger charge is 2.16. The van der Waals surface area contributed by atoms with Gasteiger partial charge in [-0.2, -0.15) is 0 Å². The number of halogens is 1. The lowest BCUT2D eigenvalue weighted by Gasteiger charge is -2.05. The third kappa shape index (κ3) is 2.91. The summed E-state index contributed by atoms with van der Waals surface area (Å²) >= 11 is 0. The summed E-state index contributed by atoms with van der Waals surface area (Å²) in [7, 11) is 2.79. The third-order valence-electron chi connectivity index (χ3n) is 2.03. The molecule has 4 heteroatoms. The van der Waals surface area contributed by atoms with Crippen molar-refractivity contribution in [2.24, 2.45) is 0 Å². The Morgan fingerprint density at radius 1 is 1.31 bits per heavy atom. The number of aromatic nitrogens is 2. The fourth-order valence-electron chi connectivity index (χ4n) is 1.30. The Morgan fingerprint density at radius 3 is 2.08 bits per heavy atom. The van der Waals surface area contributed by atoms with Crippen LogP contribution in [0.5, 0.6) is 0 Å². The standard InChI is InChI=1S/C9H18N2P.HI/c1-7(2)10-5-6-11(8(3)4)9(10)12;/h5-8H,12H2,1-4H3;1H/q+1;/p-1. The summed E-state index contributed by atoms with van der Waals surface area (Å²) in [6.07, 6.45) is 4.26. The van der Waals surface area contributed by atoms with Crippen LogP contribution in [0.15, 0.2) is 12.4 Å². The Morgan fingerprint density at radius 2 is 1.85 bits per heavy atom. The quantitative estimate of drug-likeness (QED) is 0.355. The first-order valence-electron chi connectivity index (χ1n) is 4.41. The molecule has 1 unspecified atom stereocenters. The van der Waals surface area contributed by atoms with Crippen LogP contribution in [0.25, 0.3) is 0 Å². The van der Waals surface area contributed by atoms with E-state index in [1.807, 2.05) is 0 Å². The molecule has 1 heterocycles. The SMILES string of the molecule is CC(C)n1cc[n+](C(C)C)c1P.[I-]. The maximum atomic E-state index is 2.79. The summed E-state index contributed by atoms with van der Waals surface area (Å²) in [5.74, 6) is 0. The molecule has 1 aromatic rings. The van der Waals surface area contributed by atoms with Crippen molar-refractivity contribution in [2.75, 3.05) is 0 Å². The van der Waals surface area contributed by atoms with Gasteiger partial charge < -0.3 is 24.0 Å². The van der Waals surface area contributed by atoms with Crippen LogP contribution in [0.2, 0.25) is 0 Å². The molecule has 0 N–H and O–H groups in total. The second-order valence-electron chi connectivity index (χ2n) is 3.66. The molecule has 1 atom stereocenters. The molecule has 0 radical (unpaired) electrons. The minimum atomic E-state index is 0. The van der Waals surface area contributed by atoms with Crippen molar-refractivity contribution in [1.29, 1.82) is 0 Å². The van der Waals surface area contributed by atoms with Crippen molar-refractivity contribution in [2.45, 2.75) is 39.8 Å². The van der Waals surface area contributed by atoms with Crippen molar-refractivity contribution in [3.63, 3.8) is 0 Å². The normalized spacial score (nSPS) is 10.7. The van der Waals surface area contributed by atoms with Crippen molar-refractivity contribution in [3.05, 3.63) is 12.4 Å². The lowest BCUT2D eigenvalue weighted by atomic mass is 10.4. The molecule has 0 saturated heterocycles. The maximum absolute atomic E-state index is 2.79. The van der Waals surface area contributed by atoms with Gasteiger partial charge in [-0.05, 0) is 36.9 Å². The van der Waals surface area contributed by atoms with Gasteiger partial charge in [0.1, 0.15) is 12.4 Å². The molecule has 1 rings (SSSR count). The van der Waals surface area contributed by atoms with Crippen LogP contribution in [-0.2, 0) is 0 Å². The molecule has 0 aromatic carbocycles. The van der Waals surface area contributed by atoms with Gasteiger partial charge in [0, 0.05) is 0 Å². The summed E-state index contributed by atoms with van der Waals surface area (Å²) in [5, 5.41) is 0. The van der Waals surface area contributed by atoms with Crippen LogP contribution in [0.3, 0.4) is 0 Å². The van der Waals surface area contributed by atoms with Crippen molar-refractivity contribution >= 4 is 14.8 Å². The van der Waals surface area contributed by atoms with E-state index in [4.69, 9.17) is 0 Å². The monoisotopic (exact) mass is 312 g/mol. The highest BCUT2D eigenvalue weighted by Crippen LogP contribution is 2.03. The molecule has 2 nitrogen and oxygen atoms in total. The van der Waals surface area contributed by atoms with Crippen LogP contribution in [0, 0.1) is 0 Å². The molecule has 0 aliphatic carbocycles. The second kappa shape index (κ2) is 5.30. The molecule has 76 valence electrons. The number of rotatable bonds is 2. The van der Waals surface area contributed by atoms with E-state index in [1.165, 1.54) is 5.57 Å². The van der Waals surface area contributed by atoms with E-state index >= 15 is 0 Å². The first-order valence-corrected chi connectivity index (χ1v) is 4.99. The lowest BCUT2D eigenvalue weighted by Crippen LogP contribution is -3.00. The highest BCUT2D eigenvalue weighted by molar-refractivity contribution is 7.26. The fourth-order valence-corrected chi connectivity index (χ4v) is 2.07. The van der Waals surface area contributed by atoms with Crippen molar-refractivity contribution in [3.8, 4) is 0 Å². The van der Waals surface area contributed by atoms with E-state index in [0.29, 0.717) is 12.1 Å². The van der Waals surface area contributed by atoms with E-state index < -0.39 is 0 Å². The van der Waals surface area contributed by atoms with Gasteiger partial charge in [-0.25, -0.2) is 9.13 Å². The predicted octanol–water partition coefficient (Wildman–Crippen LogP) is -1.56. The fraction of sp³-hybridized carbons (Fsp3) is 0.667. The maximum Gasteiger partial charge on any atom is 0.270 e. The smallest absolute Gasteiger partial charge is 0.270 e. The van der Waals surface area contributed by atoms with E-state index in [0.717, 1.165) is 0 Å². The molecular weight excluding hydrogens is 294 g/mol. The number of hydrogen-bond acceptors (Lipinski definition) is 0. The van der Waals surface area contributed by atoms with Crippen LogP contribution < -0.4 is 34.1 Å². The van der Waals surface area contributed by atoms with Crippen molar-refractivity contribution in [1.82, 2.24) is 4.57 Å². The molecule has 0 saturated carbocycles. The topological polar surface area (TPSA) is 8.81 Å². The lowest BCUT2D eigenvalue weighted by molar-refractivity contribution is -0.698. The van der Waals surface area contributed by atoms with Gasteiger partial charge in [-0.1, -0.05) is 0 Å². The Kier molecular flexibility index (Phi) is 5.45. The zero-order valence-corrected chi connectivity index (χ0v) is 12.0. The molecule has 0 aliphatic rings. The Hall–Kier alpha value is 0.370. The Balaban J connectivity index is 0.00000144. The minimum Gasteiger partial charge on any atom is -1.00 e. The molecule has 0 bridgehead atoms. The molecule has 0 amide bonds. The summed E-state index contributed by atoms with van der Waals surface area (Å²) in [4.78, 5) is 0. The summed E-state index contributed by atoms with van der Waals surface area (Å²) in [5.41, 5.74) is 1.25. The summed E-state index contributed by atoms with van der Waals surface area (Å²) in [6, 6.07) is 1.08. The zero-order valence-electron chi connectivity index (χ0n) is 8.66. The van der Waals surface area contributed by atoms with Crippen molar-refractivity contribution < 1.29 is 28.5 Å². The van der Waals surface area contributed by atoms with Gasteiger partial charge in [0.15, 0.2) is 0 Å².